The second-order valence-corrected chi connectivity index (χ2v) is 4.76. The van der Waals surface area contributed by atoms with Crippen LogP contribution in [0.1, 0.15) is 12.8 Å². The molecule has 6 heteroatoms. The third kappa shape index (κ3) is 6.04. The fraction of sp³-hybridized carbons (Fsp3) is 0.917. The summed E-state index contributed by atoms with van der Waals surface area (Å²) in [7, 11) is 0. The first-order valence-corrected chi connectivity index (χ1v) is 7.06. The molecule has 1 unspecified atom stereocenters. The second kappa shape index (κ2) is 9.61. The highest BCUT2D eigenvalue weighted by atomic mass is 32.1. The number of likely N-dealkylation sites (tertiary alicyclic amines) is 1. The lowest BCUT2D eigenvalue weighted by Crippen LogP contribution is -2.27. The van der Waals surface area contributed by atoms with Gasteiger partial charge in [0.15, 0.2) is 0 Å². The molecule has 1 atom stereocenters. The average Bonchev–Trinajstić information content (AvgIpc) is 2.73. The summed E-state index contributed by atoms with van der Waals surface area (Å²) >= 11 is 4.23. The molecule has 0 aliphatic carbocycles. The van der Waals surface area contributed by atoms with E-state index in [0.29, 0.717) is 38.8 Å². The van der Waals surface area contributed by atoms with Crippen LogP contribution in [-0.2, 0) is 14.3 Å². The molecule has 1 N–H and O–H groups in total. The maximum atomic E-state index is 11.6. The van der Waals surface area contributed by atoms with Crippen molar-refractivity contribution >= 4 is 18.5 Å². The number of aliphatic hydroxyl groups excluding tert-OH is 1. The number of carbonyl (C=O) groups is 1. The summed E-state index contributed by atoms with van der Waals surface area (Å²) in [6.45, 7) is 3.68. The van der Waals surface area contributed by atoms with Gasteiger partial charge in [0.2, 0.25) is 5.91 Å². The Bertz CT molecular complexity index is 240. The predicted molar refractivity (Wildman–Crippen MR) is 71.9 cm³/mol. The van der Waals surface area contributed by atoms with Crippen molar-refractivity contribution in [2.75, 3.05) is 51.9 Å². The van der Waals surface area contributed by atoms with Crippen LogP contribution < -0.4 is 0 Å². The Kier molecular flexibility index (Phi) is 8.41. The van der Waals surface area contributed by atoms with E-state index in [1.54, 1.807) is 0 Å². The molecule has 0 aromatic rings. The van der Waals surface area contributed by atoms with Gasteiger partial charge in [0, 0.05) is 26.1 Å². The summed E-state index contributed by atoms with van der Waals surface area (Å²) in [5, 5.41) is 8.49. The van der Waals surface area contributed by atoms with Crippen molar-refractivity contribution < 1.29 is 19.4 Å². The number of carbonyl (C=O) groups excluding carboxylic acids is 1. The highest BCUT2D eigenvalue weighted by molar-refractivity contribution is 7.80. The van der Waals surface area contributed by atoms with Crippen molar-refractivity contribution in [2.45, 2.75) is 12.8 Å². The van der Waals surface area contributed by atoms with Gasteiger partial charge in [-0.2, -0.15) is 12.6 Å². The first-order chi connectivity index (χ1) is 8.77. The molecular formula is C12H23NO4S. The van der Waals surface area contributed by atoms with Gasteiger partial charge in [-0.1, -0.05) is 0 Å². The first kappa shape index (κ1) is 15.8. The van der Waals surface area contributed by atoms with Gasteiger partial charge in [0.05, 0.1) is 26.4 Å². The summed E-state index contributed by atoms with van der Waals surface area (Å²) < 4.78 is 10.4. The van der Waals surface area contributed by atoms with Crippen molar-refractivity contribution in [1.29, 1.82) is 0 Å². The minimum absolute atomic E-state index is 0.0450. The Morgan fingerprint density at radius 3 is 2.61 bits per heavy atom. The van der Waals surface area contributed by atoms with Crippen LogP contribution in [0.5, 0.6) is 0 Å². The summed E-state index contributed by atoms with van der Waals surface area (Å²) in [6, 6.07) is 0. The summed E-state index contributed by atoms with van der Waals surface area (Å²) in [4.78, 5) is 13.5. The molecule has 1 heterocycles. The number of amides is 1. The molecule has 1 saturated heterocycles. The number of ether oxygens (including phenoxy) is 2. The highest BCUT2D eigenvalue weighted by Gasteiger charge is 2.27. The zero-order chi connectivity index (χ0) is 13.2. The summed E-state index contributed by atoms with van der Waals surface area (Å²) in [6.07, 6.45) is 1.49. The molecule has 1 aliphatic heterocycles. The molecular weight excluding hydrogens is 254 g/mol. The summed E-state index contributed by atoms with van der Waals surface area (Å²) in [5.41, 5.74) is 0. The van der Waals surface area contributed by atoms with E-state index in [-0.39, 0.29) is 12.5 Å². The molecule has 1 rings (SSSR count). The van der Waals surface area contributed by atoms with Crippen LogP contribution in [0, 0.1) is 5.92 Å². The van der Waals surface area contributed by atoms with Crippen LogP contribution >= 0.6 is 12.6 Å². The van der Waals surface area contributed by atoms with Gasteiger partial charge in [0.1, 0.15) is 0 Å². The second-order valence-electron chi connectivity index (χ2n) is 4.39. The number of aliphatic hydroxyl groups is 1. The molecule has 1 fully saturated rings. The quantitative estimate of drug-likeness (QED) is 0.442. The van der Waals surface area contributed by atoms with Crippen molar-refractivity contribution in [3.8, 4) is 0 Å². The number of nitrogens with zero attached hydrogens (tertiary/aromatic N) is 1. The van der Waals surface area contributed by atoms with Gasteiger partial charge in [0.25, 0.3) is 0 Å². The zero-order valence-electron chi connectivity index (χ0n) is 10.7. The Balaban J connectivity index is 1.93. The number of rotatable bonds is 10. The number of hydrogen-bond acceptors (Lipinski definition) is 5. The lowest BCUT2D eigenvalue weighted by molar-refractivity contribution is -0.127. The molecule has 1 amide bonds. The van der Waals surface area contributed by atoms with Gasteiger partial charge in [-0.25, -0.2) is 0 Å². The van der Waals surface area contributed by atoms with Gasteiger partial charge in [-0.3, -0.25) is 4.79 Å². The molecule has 0 spiro atoms. The van der Waals surface area contributed by atoms with Crippen LogP contribution in [0.25, 0.3) is 0 Å². The van der Waals surface area contributed by atoms with E-state index in [1.807, 2.05) is 4.90 Å². The third-order valence-electron chi connectivity index (χ3n) is 2.88. The van der Waals surface area contributed by atoms with Gasteiger partial charge in [-0.15, -0.1) is 0 Å². The molecule has 1 aliphatic rings. The van der Waals surface area contributed by atoms with Crippen LogP contribution in [-0.4, -0.2) is 67.8 Å². The fourth-order valence-corrected chi connectivity index (χ4v) is 2.18. The topological polar surface area (TPSA) is 59.0 Å². The first-order valence-electron chi connectivity index (χ1n) is 6.43. The lowest BCUT2D eigenvalue weighted by atomic mass is 10.1. The van der Waals surface area contributed by atoms with Crippen LogP contribution in [0.3, 0.4) is 0 Å². The van der Waals surface area contributed by atoms with E-state index >= 15 is 0 Å². The Morgan fingerprint density at radius 2 is 2.00 bits per heavy atom. The van der Waals surface area contributed by atoms with Crippen molar-refractivity contribution in [3.05, 3.63) is 0 Å². The molecule has 0 radical (unpaired) electrons. The van der Waals surface area contributed by atoms with E-state index in [4.69, 9.17) is 14.6 Å². The standard InChI is InChI=1S/C12H23NO4S/c14-3-5-17-7-6-16-4-1-2-13-9-11(10-18)8-12(13)15/h11,14,18H,1-10H2. The van der Waals surface area contributed by atoms with E-state index < -0.39 is 0 Å². The molecule has 0 saturated carbocycles. The zero-order valence-corrected chi connectivity index (χ0v) is 11.6. The van der Waals surface area contributed by atoms with Gasteiger partial charge < -0.3 is 19.5 Å². The normalized spacial score (nSPS) is 19.8. The smallest absolute Gasteiger partial charge is 0.222 e. The number of thiol groups is 1. The maximum Gasteiger partial charge on any atom is 0.222 e. The SMILES string of the molecule is O=C1CC(CS)CN1CCCOCCOCCO. The molecule has 5 nitrogen and oxygen atoms in total. The van der Waals surface area contributed by atoms with E-state index in [9.17, 15) is 4.79 Å². The van der Waals surface area contributed by atoms with Crippen molar-refractivity contribution in [3.63, 3.8) is 0 Å². The lowest BCUT2D eigenvalue weighted by Gasteiger charge is -2.16. The van der Waals surface area contributed by atoms with E-state index in [2.05, 4.69) is 12.6 Å². The van der Waals surface area contributed by atoms with Crippen LogP contribution in [0.2, 0.25) is 0 Å². The molecule has 0 aromatic heterocycles. The highest BCUT2D eigenvalue weighted by Crippen LogP contribution is 2.18. The minimum atomic E-state index is 0.0450. The Morgan fingerprint density at radius 1 is 1.28 bits per heavy atom. The Hall–Kier alpha value is -0.300. The molecule has 0 bridgehead atoms. The predicted octanol–water partition coefficient (Wildman–Crippen LogP) is 0.180. The minimum Gasteiger partial charge on any atom is -0.394 e. The van der Waals surface area contributed by atoms with Crippen LogP contribution in [0.4, 0.5) is 0 Å². The average molecular weight is 277 g/mol. The monoisotopic (exact) mass is 277 g/mol. The molecule has 106 valence electrons. The summed E-state index contributed by atoms with van der Waals surface area (Å²) in [5.74, 6) is 1.43. The molecule has 18 heavy (non-hydrogen) atoms. The fourth-order valence-electron chi connectivity index (χ4n) is 1.94. The largest absolute Gasteiger partial charge is 0.394 e. The van der Waals surface area contributed by atoms with Crippen LogP contribution in [0.15, 0.2) is 0 Å². The van der Waals surface area contributed by atoms with Crippen molar-refractivity contribution in [1.82, 2.24) is 4.90 Å². The van der Waals surface area contributed by atoms with Gasteiger partial charge in [-0.05, 0) is 18.1 Å². The van der Waals surface area contributed by atoms with E-state index in [0.717, 1.165) is 25.3 Å². The van der Waals surface area contributed by atoms with Gasteiger partial charge >= 0.3 is 0 Å². The number of hydrogen-bond donors (Lipinski definition) is 2. The van der Waals surface area contributed by atoms with Crippen molar-refractivity contribution in [2.24, 2.45) is 5.92 Å². The maximum absolute atomic E-state index is 11.6. The third-order valence-corrected chi connectivity index (χ3v) is 3.39. The van der Waals surface area contributed by atoms with E-state index in [1.165, 1.54) is 0 Å². The molecule has 0 aromatic carbocycles. The Labute approximate surface area is 114 Å².